The first-order chi connectivity index (χ1) is 8.91. The smallest absolute Gasteiger partial charge is 0.272 e. The van der Waals surface area contributed by atoms with Crippen LogP contribution in [0.5, 0.6) is 0 Å². The summed E-state index contributed by atoms with van der Waals surface area (Å²) in [6.07, 6.45) is 0. The highest BCUT2D eigenvalue weighted by molar-refractivity contribution is 5.90. The van der Waals surface area contributed by atoms with Crippen molar-refractivity contribution in [1.29, 1.82) is 0 Å². The predicted molar refractivity (Wildman–Crippen MR) is 66.2 cm³/mol. The van der Waals surface area contributed by atoms with Crippen LogP contribution in [0.15, 0.2) is 35.1 Å². The van der Waals surface area contributed by atoms with Crippen molar-refractivity contribution in [2.75, 3.05) is 0 Å². The molecule has 19 heavy (non-hydrogen) atoms. The molecule has 0 atom stereocenters. The minimum absolute atomic E-state index is 0.0587. The molecule has 0 unspecified atom stereocenters. The quantitative estimate of drug-likeness (QED) is 0.627. The van der Waals surface area contributed by atoms with E-state index in [4.69, 9.17) is 5.73 Å². The lowest BCUT2D eigenvalue weighted by molar-refractivity contribution is -0.384. The van der Waals surface area contributed by atoms with E-state index in [9.17, 15) is 19.7 Å². The Kier molecular flexibility index (Phi) is 2.91. The molecule has 0 radical (unpaired) electrons. The van der Waals surface area contributed by atoms with Crippen LogP contribution >= 0.6 is 0 Å². The van der Waals surface area contributed by atoms with E-state index in [2.05, 4.69) is 0 Å². The van der Waals surface area contributed by atoms with E-state index in [0.29, 0.717) is 5.69 Å². The molecular formula is C11H10N4O4. The van der Waals surface area contributed by atoms with Gasteiger partial charge in [0.15, 0.2) is 0 Å². The van der Waals surface area contributed by atoms with Crippen LogP contribution in [0.25, 0.3) is 5.69 Å². The lowest BCUT2D eigenvalue weighted by atomic mass is 10.3. The van der Waals surface area contributed by atoms with Gasteiger partial charge in [-0.2, -0.15) is 0 Å². The number of benzene rings is 1. The average Bonchev–Trinajstić information content (AvgIpc) is 2.65. The van der Waals surface area contributed by atoms with Gasteiger partial charge in [-0.25, -0.2) is 4.68 Å². The van der Waals surface area contributed by atoms with Gasteiger partial charge < -0.3 is 5.73 Å². The maximum atomic E-state index is 11.8. The number of carbonyl (C=O) groups is 1. The molecule has 2 aromatic rings. The molecule has 1 amide bonds. The largest absolute Gasteiger partial charge is 0.364 e. The average molecular weight is 262 g/mol. The van der Waals surface area contributed by atoms with Crippen molar-refractivity contribution in [3.05, 3.63) is 56.5 Å². The van der Waals surface area contributed by atoms with Crippen LogP contribution in [0.2, 0.25) is 0 Å². The Morgan fingerprint density at radius 1 is 1.32 bits per heavy atom. The van der Waals surface area contributed by atoms with E-state index >= 15 is 0 Å². The van der Waals surface area contributed by atoms with Crippen molar-refractivity contribution in [1.82, 2.24) is 9.36 Å². The zero-order valence-corrected chi connectivity index (χ0v) is 9.94. The summed E-state index contributed by atoms with van der Waals surface area (Å²) in [5.41, 5.74) is 5.08. The molecule has 0 saturated carbocycles. The molecule has 8 nitrogen and oxygen atoms in total. The minimum atomic E-state index is -0.722. The topological polar surface area (TPSA) is 113 Å². The van der Waals surface area contributed by atoms with Crippen LogP contribution in [0.3, 0.4) is 0 Å². The molecule has 1 heterocycles. The van der Waals surface area contributed by atoms with Gasteiger partial charge in [0.2, 0.25) is 0 Å². The number of primary amides is 1. The molecule has 0 bridgehead atoms. The number of nitrogens with two attached hydrogens (primary N) is 1. The van der Waals surface area contributed by atoms with Gasteiger partial charge in [0.25, 0.3) is 17.2 Å². The Hall–Kier alpha value is -2.90. The third-order valence-electron chi connectivity index (χ3n) is 2.68. The monoisotopic (exact) mass is 262 g/mol. The number of non-ortho nitro benzene ring substituents is 1. The van der Waals surface area contributed by atoms with Gasteiger partial charge in [0, 0.05) is 25.2 Å². The molecular weight excluding hydrogens is 252 g/mol. The lowest BCUT2D eigenvalue weighted by Crippen LogP contribution is -2.21. The van der Waals surface area contributed by atoms with Crippen molar-refractivity contribution in [3.8, 4) is 5.69 Å². The second-order valence-electron chi connectivity index (χ2n) is 3.84. The van der Waals surface area contributed by atoms with E-state index in [1.54, 1.807) is 0 Å². The van der Waals surface area contributed by atoms with Crippen LogP contribution in [0.1, 0.15) is 10.5 Å². The predicted octanol–water partition coefficient (Wildman–Crippen LogP) is 0.183. The fourth-order valence-electron chi connectivity index (χ4n) is 1.77. The third kappa shape index (κ3) is 2.10. The highest BCUT2D eigenvalue weighted by atomic mass is 16.6. The molecule has 1 aromatic carbocycles. The second kappa shape index (κ2) is 4.41. The number of rotatable bonds is 3. The van der Waals surface area contributed by atoms with E-state index in [1.807, 2.05) is 0 Å². The first kappa shape index (κ1) is 12.6. The van der Waals surface area contributed by atoms with Crippen LogP contribution in [-0.4, -0.2) is 20.2 Å². The summed E-state index contributed by atoms with van der Waals surface area (Å²) in [5.74, 6) is -0.722. The molecule has 0 saturated heterocycles. The van der Waals surface area contributed by atoms with Gasteiger partial charge in [-0.15, -0.1) is 0 Å². The number of nitrogens with zero attached hydrogens (tertiary/aromatic N) is 3. The number of carbonyl (C=O) groups excluding carboxylic acids is 1. The Morgan fingerprint density at radius 3 is 2.32 bits per heavy atom. The number of hydrogen-bond acceptors (Lipinski definition) is 4. The Morgan fingerprint density at radius 2 is 1.89 bits per heavy atom. The maximum absolute atomic E-state index is 11.8. The molecule has 0 aliphatic heterocycles. The second-order valence-corrected chi connectivity index (χ2v) is 3.84. The Balaban J connectivity index is 2.56. The van der Waals surface area contributed by atoms with E-state index < -0.39 is 16.4 Å². The summed E-state index contributed by atoms with van der Waals surface area (Å²) in [7, 11) is 1.50. The van der Waals surface area contributed by atoms with Crippen LogP contribution < -0.4 is 11.3 Å². The summed E-state index contributed by atoms with van der Waals surface area (Å²) in [4.78, 5) is 32.9. The zero-order valence-electron chi connectivity index (χ0n) is 9.94. The molecule has 8 heteroatoms. The fourth-order valence-corrected chi connectivity index (χ4v) is 1.77. The highest BCUT2D eigenvalue weighted by Gasteiger charge is 2.14. The number of aromatic nitrogens is 2. The van der Waals surface area contributed by atoms with Gasteiger partial charge in [-0.1, -0.05) is 0 Å². The maximum Gasteiger partial charge on any atom is 0.272 e. The summed E-state index contributed by atoms with van der Waals surface area (Å²) in [5, 5.41) is 10.5. The van der Waals surface area contributed by atoms with Gasteiger partial charge in [0.05, 0.1) is 10.6 Å². The van der Waals surface area contributed by atoms with E-state index in [-0.39, 0.29) is 11.4 Å². The SMILES string of the molecule is Cn1c(C(N)=O)cc(=O)n1-c1ccc([N+](=O)[O-])cc1. The highest BCUT2D eigenvalue weighted by Crippen LogP contribution is 2.14. The normalized spacial score (nSPS) is 10.4. The molecule has 2 rings (SSSR count). The molecule has 0 aliphatic carbocycles. The van der Waals surface area contributed by atoms with Crippen molar-refractivity contribution in [3.63, 3.8) is 0 Å². The van der Waals surface area contributed by atoms with Gasteiger partial charge in [-0.05, 0) is 12.1 Å². The van der Waals surface area contributed by atoms with Crippen LogP contribution in [0.4, 0.5) is 5.69 Å². The zero-order chi connectivity index (χ0) is 14.2. The van der Waals surface area contributed by atoms with Crippen LogP contribution in [-0.2, 0) is 7.05 Å². The van der Waals surface area contributed by atoms with Crippen molar-refractivity contribution < 1.29 is 9.72 Å². The van der Waals surface area contributed by atoms with Crippen molar-refractivity contribution in [2.24, 2.45) is 12.8 Å². The summed E-state index contributed by atoms with van der Waals surface area (Å²) < 4.78 is 2.50. The standard InChI is InChI=1S/C11H10N4O4/c1-13-9(11(12)17)6-10(16)14(13)7-2-4-8(5-3-7)15(18)19/h2-6H,1H3,(H2,12,17). The molecule has 0 aliphatic rings. The van der Waals surface area contributed by atoms with Crippen molar-refractivity contribution in [2.45, 2.75) is 0 Å². The molecule has 98 valence electrons. The van der Waals surface area contributed by atoms with Gasteiger partial charge in [-0.3, -0.25) is 24.4 Å². The Labute approximate surface area is 106 Å². The third-order valence-corrected chi connectivity index (χ3v) is 2.68. The molecule has 0 fully saturated rings. The fraction of sp³-hybridized carbons (Fsp3) is 0.0909. The van der Waals surface area contributed by atoms with Crippen LogP contribution in [0, 0.1) is 10.1 Å². The summed E-state index contributed by atoms with van der Waals surface area (Å²) in [6.45, 7) is 0. The summed E-state index contributed by atoms with van der Waals surface area (Å²) in [6, 6.07) is 6.51. The Bertz CT molecular complexity index is 711. The van der Waals surface area contributed by atoms with Gasteiger partial charge in [0.1, 0.15) is 5.69 Å². The summed E-state index contributed by atoms with van der Waals surface area (Å²) >= 11 is 0. The number of hydrogen-bond donors (Lipinski definition) is 1. The minimum Gasteiger partial charge on any atom is -0.364 e. The number of nitro groups is 1. The molecule has 0 spiro atoms. The van der Waals surface area contributed by atoms with Gasteiger partial charge >= 0.3 is 0 Å². The first-order valence-electron chi connectivity index (χ1n) is 5.25. The lowest BCUT2D eigenvalue weighted by Gasteiger charge is -2.08. The number of nitro benzene ring substituents is 1. The van der Waals surface area contributed by atoms with Crippen molar-refractivity contribution >= 4 is 11.6 Å². The first-order valence-corrected chi connectivity index (χ1v) is 5.25. The molecule has 2 N–H and O–H groups in total. The van der Waals surface area contributed by atoms with E-state index in [1.165, 1.54) is 40.7 Å². The number of amides is 1. The van der Waals surface area contributed by atoms with E-state index in [0.717, 1.165) is 6.07 Å². The molecule has 1 aromatic heterocycles.